The summed E-state index contributed by atoms with van der Waals surface area (Å²) in [5.41, 5.74) is 7.35. The number of aromatic amines is 1. The Morgan fingerprint density at radius 3 is 2.02 bits per heavy atom. The van der Waals surface area contributed by atoms with Crippen LogP contribution in [0.4, 0.5) is 5.95 Å². The number of fused-ring (bicyclic) bond motifs is 1. The Balaban J connectivity index is 1.57. The number of nitrogens with one attached hydrogen (secondary N) is 1. The smallest absolute Gasteiger partial charge is 0.280 e. The SMILES string of the molecule is COc1ccc(C(OC[C@H]2O[C@@H](n3cnc4c(=O)[nH]c(N)nc43)[C@H](O[Si](C)(C)C(C)(C)C)[C@@H]2OP(OCCC#N)N(C(C)C)C(C)C)(c2ccccc2)c2ccc(OC)cc2)cc1. The molecule has 0 bridgehead atoms. The third-order valence-corrected chi connectivity index (χ3v) is 18.4. The van der Waals surface area contributed by atoms with E-state index in [1.807, 2.05) is 78.9 Å². The molecule has 338 valence electrons. The van der Waals surface area contributed by atoms with E-state index in [2.05, 4.69) is 87.3 Å². The highest BCUT2D eigenvalue weighted by molar-refractivity contribution is 7.44. The number of H-pyrrole nitrogens is 1. The summed E-state index contributed by atoms with van der Waals surface area (Å²) in [4.78, 5) is 24.7. The van der Waals surface area contributed by atoms with Crippen molar-refractivity contribution in [1.29, 1.82) is 5.26 Å². The van der Waals surface area contributed by atoms with E-state index in [-0.39, 0.29) is 53.9 Å². The maximum atomic E-state index is 13.1. The van der Waals surface area contributed by atoms with E-state index in [1.165, 1.54) is 6.33 Å². The monoisotopic (exact) mass is 899 g/mol. The molecule has 1 aliphatic heterocycles. The predicted molar refractivity (Wildman–Crippen MR) is 247 cm³/mol. The number of nitrogen functional groups attached to an aromatic ring is 1. The molecule has 0 amide bonds. The molecule has 1 fully saturated rings. The van der Waals surface area contributed by atoms with Crippen LogP contribution in [0.2, 0.25) is 18.1 Å². The fourth-order valence-corrected chi connectivity index (χ4v) is 10.7. The van der Waals surface area contributed by atoms with Crippen molar-refractivity contribution < 1.29 is 32.4 Å². The Bertz CT molecular complexity index is 2310. The van der Waals surface area contributed by atoms with Crippen molar-refractivity contribution in [2.75, 3.05) is 33.2 Å². The van der Waals surface area contributed by atoms with Gasteiger partial charge in [0.15, 0.2) is 25.7 Å². The summed E-state index contributed by atoms with van der Waals surface area (Å²) in [6.45, 7) is 19.4. The van der Waals surface area contributed by atoms with Crippen molar-refractivity contribution in [1.82, 2.24) is 24.2 Å². The normalized spacial score (nSPS) is 18.9. The number of hydrogen-bond acceptors (Lipinski definition) is 13. The molecule has 0 aliphatic carbocycles. The lowest BCUT2D eigenvalue weighted by Crippen LogP contribution is -2.50. The lowest BCUT2D eigenvalue weighted by molar-refractivity contribution is -0.0926. The predicted octanol–water partition coefficient (Wildman–Crippen LogP) is 8.68. The fourth-order valence-electron chi connectivity index (χ4n) is 7.65. The molecule has 1 unspecified atom stereocenters. The topological polar surface area (TPSA) is 181 Å². The summed E-state index contributed by atoms with van der Waals surface area (Å²) in [5.74, 6) is 1.33. The van der Waals surface area contributed by atoms with E-state index in [1.54, 1.807) is 18.8 Å². The van der Waals surface area contributed by atoms with Gasteiger partial charge in [0.05, 0.1) is 46.3 Å². The average molecular weight is 900 g/mol. The van der Waals surface area contributed by atoms with Crippen LogP contribution in [0.25, 0.3) is 11.2 Å². The van der Waals surface area contributed by atoms with Crippen molar-refractivity contribution in [3.05, 3.63) is 112 Å². The summed E-state index contributed by atoms with van der Waals surface area (Å²) >= 11 is 0. The number of methoxy groups -OCH3 is 2. The van der Waals surface area contributed by atoms with Crippen LogP contribution in [-0.4, -0.2) is 90.3 Å². The van der Waals surface area contributed by atoms with Gasteiger partial charge in [0.25, 0.3) is 14.1 Å². The number of ether oxygens (including phenoxy) is 4. The van der Waals surface area contributed by atoms with Gasteiger partial charge in [-0.15, -0.1) is 0 Å². The first-order valence-corrected chi connectivity index (χ1v) is 25.3. The summed E-state index contributed by atoms with van der Waals surface area (Å²) in [6, 6.07) is 27.9. The van der Waals surface area contributed by atoms with Crippen molar-refractivity contribution >= 4 is 34.0 Å². The zero-order chi connectivity index (χ0) is 45.7. The van der Waals surface area contributed by atoms with E-state index in [0.717, 1.165) is 16.7 Å². The zero-order valence-corrected chi connectivity index (χ0v) is 40.1. The fraction of sp³-hybridized carbons (Fsp3) is 0.478. The van der Waals surface area contributed by atoms with Crippen LogP contribution < -0.4 is 20.8 Å². The van der Waals surface area contributed by atoms with Crippen LogP contribution in [0.1, 0.15) is 77.8 Å². The van der Waals surface area contributed by atoms with Crippen LogP contribution in [0.5, 0.6) is 11.5 Å². The van der Waals surface area contributed by atoms with Crippen molar-refractivity contribution in [3.8, 4) is 17.6 Å². The summed E-state index contributed by atoms with van der Waals surface area (Å²) in [6.07, 6.45) is -1.63. The van der Waals surface area contributed by atoms with Gasteiger partial charge in [-0.25, -0.2) is 9.65 Å². The standard InChI is InChI=1S/C46H62N7O8PSi/c1-30(2)53(31(3)4)62(58-27-15-26-47)60-39-37(59-43(40(39)61-63(10,11)45(5,6)7)52-29-49-38-41(52)50-44(48)51-42(38)54)28-57-46(32-16-13-12-14-17-32,33-18-22-35(55-8)23-19-33)34-20-24-36(56-9)25-21-34/h12-14,16-25,29-31,37,39-40,43H,15,27-28H2,1-11H3,(H3,48,50,51,54)/t37-,39-,40-,43-,62?/m1/s1. The lowest BCUT2D eigenvalue weighted by atomic mass is 9.80. The number of benzene rings is 3. The van der Waals surface area contributed by atoms with E-state index in [9.17, 15) is 10.1 Å². The van der Waals surface area contributed by atoms with Crippen LogP contribution in [0.15, 0.2) is 90.0 Å². The number of rotatable bonds is 19. The summed E-state index contributed by atoms with van der Waals surface area (Å²) in [5, 5.41) is 9.34. The molecule has 0 radical (unpaired) electrons. The minimum Gasteiger partial charge on any atom is -0.497 e. The Morgan fingerprint density at radius 2 is 1.49 bits per heavy atom. The lowest BCUT2D eigenvalue weighted by Gasteiger charge is -2.42. The Morgan fingerprint density at radius 1 is 0.921 bits per heavy atom. The van der Waals surface area contributed by atoms with Crippen molar-refractivity contribution in [2.24, 2.45) is 0 Å². The Labute approximate surface area is 372 Å². The molecule has 63 heavy (non-hydrogen) atoms. The van der Waals surface area contributed by atoms with E-state index in [4.69, 9.17) is 38.2 Å². The Hall–Kier alpha value is -4.69. The van der Waals surface area contributed by atoms with E-state index >= 15 is 0 Å². The molecule has 3 aromatic carbocycles. The molecule has 3 heterocycles. The minimum absolute atomic E-state index is 0.0122. The highest BCUT2D eigenvalue weighted by atomic mass is 31.2. The van der Waals surface area contributed by atoms with Crippen LogP contribution >= 0.6 is 8.53 Å². The Kier molecular flexibility index (Phi) is 15.2. The first-order chi connectivity index (χ1) is 29.9. The van der Waals surface area contributed by atoms with Gasteiger partial charge < -0.3 is 38.2 Å². The highest BCUT2D eigenvalue weighted by Gasteiger charge is 2.54. The van der Waals surface area contributed by atoms with Gasteiger partial charge in [0.1, 0.15) is 35.4 Å². The molecule has 17 heteroatoms. The first kappa shape index (κ1) is 47.8. The number of hydrogen-bond donors (Lipinski definition) is 2. The van der Waals surface area contributed by atoms with Crippen LogP contribution in [0, 0.1) is 11.3 Å². The third-order valence-electron chi connectivity index (χ3n) is 11.8. The molecule has 3 N–H and O–H groups in total. The first-order valence-electron chi connectivity index (χ1n) is 21.2. The van der Waals surface area contributed by atoms with Gasteiger partial charge in [0.2, 0.25) is 5.95 Å². The second-order valence-corrected chi connectivity index (χ2v) is 23.8. The molecular formula is C46H62N7O8PSi. The molecule has 5 aromatic rings. The minimum atomic E-state index is -2.64. The molecule has 2 aromatic heterocycles. The number of imidazole rings is 1. The van der Waals surface area contributed by atoms with Crippen molar-refractivity contribution in [2.45, 2.75) is 115 Å². The largest absolute Gasteiger partial charge is 0.497 e. The molecule has 6 rings (SSSR count). The van der Waals surface area contributed by atoms with Gasteiger partial charge in [-0.3, -0.25) is 14.3 Å². The van der Waals surface area contributed by atoms with Gasteiger partial charge in [-0.2, -0.15) is 10.2 Å². The molecule has 0 saturated carbocycles. The second-order valence-electron chi connectivity index (χ2n) is 17.6. The summed E-state index contributed by atoms with van der Waals surface area (Å²) < 4.78 is 51.0. The number of anilines is 1. The third kappa shape index (κ3) is 10.2. The van der Waals surface area contributed by atoms with Gasteiger partial charge in [0, 0.05) is 12.1 Å². The van der Waals surface area contributed by atoms with Crippen LogP contribution in [-0.2, 0) is 28.5 Å². The number of nitriles is 1. The average Bonchev–Trinajstić information content (AvgIpc) is 3.81. The molecule has 15 nitrogen and oxygen atoms in total. The van der Waals surface area contributed by atoms with E-state index in [0.29, 0.717) is 11.5 Å². The van der Waals surface area contributed by atoms with Gasteiger partial charge >= 0.3 is 0 Å². The molecular weight excluding hydrogens is 838 g/mol. The maximum absolute atomic E-state index is 13.1. The van der Waals surface area contributed by atoms with Crippen LogP contribution in [0.3, 0.4) is 0 Å². The molecule has 1 saturated heterocycles. The number of nitrogens with zero attached hydrogens (tertiary/aromatic N) is 5. The number of nitrogens with two attached hydrogens (primary N) is 1. The molecule has 0 spiro atoms. The second kappa shape index (κ2) is 20.0. The molecule has 5 atom stereocenters. The number of aromatic nitrogens is 4. The zero-order valence-electron chi connectivity index (χ0n) is 38.2. The van der Waals surface area contributed by atoms with E-state index < -0.39 is 52.5 Å². The summed E-state index contributed by atoms with van der Waals surface area (Å²) in [7, 11) is -1.17. The van der Waals surface area contributed by atoms with Crippen molar-refractivity contribution in [3.63, 3.8) is 0 Å². The van der Waals surface area contributed by atoms with Gasteiger partial charge in [-0.05, 0) is 86.8 Å². The molecule has 1 aliphatic rings. The highest BCUT2D eigenvalue weighted by Crippen LogP contribution is 2.53. The maximum Gasteiger partial charge on any atom is 0.280 e. The quantitative estimate of drug-likeness (QED) is 0.0348. The van der Waals surface area contributed by atoms with Gasteiger partial charge in [-0.1, -0.05) is 75.4 Å².